The summed E-state index contributed by atoms with van der Waals surface area (Å²) >= 11 is 0. The number of ether oxygens (including phenoxy) is 1. The third kappa shape index (κ3) is 2.76. The zero-order chi connectivity index (χ0) is 12.5. The van der Waals surface area contributed by atoms with Gasteiger partial charge in [-0.1, -0.05) is 5.16 Å². The molecule has 0 radical (unpaired) electrons. The van der Waals surface area contributed by atoms with E-state index in [9.17, 15) is 13.6 Å². The number of aryl methyl sites for hydroxylation is 1. The maximum Gasteiger partial charge on any atom is 0.377 e. The van der Waals surface area contributed by atoms with E-state index in [0.29, 0.717) is 11.7 Å². The van der Waals surface area contributed by atoms with Crippen LogP contribution in [-0.4, -0.2) is 34.7 Å². The number of esters is 1. The first-order valence-corrected chi connectivity index (χ1v) is 5.06. The van der Waals surface area contributed by atoms with Crippen molar-refractivity contribution >= 4 is 5.97 Å². The molecule has 2 heterocycles. The summed E-state index contributed by atoms with van der Waals surface area (Å²) in [4.78, 5) is 14.6. The van der Waals surface area contributed by atoms with Crippen LogP contribution in [-0.2, 0) is 16.1 Å². The highest BCUT2D eigenvalue weighted by Gasteiger charge is 2.50. The molecule has 0 saturated carbocycles. The number of aromatic nitrogens is 2. The Balaban J connectivity index is 1.75. The van der Waals surface area contributed by atoms with Crippen LogP contribution in [0.2, 0.25) is 0 Å². The predicted octanol–water partition coefficient (Wildman–Crippen LogP) is 0.418. The van der Waals surface area contributed by atoms with Gasteiger partial charge in [-0.25, -0.2) is 4.79 Å². The molecular weight excluding hydrogens is 236 g/mol. The summed E-state index contributed by atoms with van der Waals surface area (Å²) < 4.78 is 34.9. The molecule has 8 heteroatoms. The van der Waals surface area contributed by atoms with Crippen molar-refractivity contribution in [1.82, 2.24) is 15.5 Å². The van der Waals surface area contributed by atoms with Crippen LogP contribution in [0.15, 0.2) is 4.52 Å². The SMILES string of the molecule is Cc1noc(CNCC2CC(F)(F)C(=O)O2)n1. The van der Waals surface area contributed by atoms with Gasteiger partial charge >= 0.3 is 11.9 Å². The van der Waals surface area contributed by atoms with Gasteiger partial charge in [0.05, 0.1) is 13.0 Å². The molecule has 0 amide bonds. The average molecular weight is 247 g/mol. The van der Waals surface area contributed by atoms with Crippen LogP contribution in [0.1, 0.15) is 18.1 Å². The Bertz CT molecular complexity index is 421. The lowest BCUT2D eigenvalue weighted by Gasteiger charge is -2.07. The van der Waals surface area contributed by atoms with E-state index < -0.39 is 24.4 Å². The molecule has 0 spiro atoms. The molecule has 17 heavy (non-hydrogen) atoms. The van der Waals surface area contributed by atoms with Gasteiger partial charge < -0.3 is 14.6 Å². The third-order valence-corrected chi connectivity index (χ3v) is 2.27. The highest BCUT2D eigenvalue weighted by Crippen LogP contribution is 2.30. The molecule has 94 valence electrons. The van der Waals surface area contributed by atoms with Crippen molar-refractivity contribution in [2.75, 3.05) is 6.54 Å². The van der Waals surface area contributed by atoms with Crippen LogP contribution < -0.4 is 5.32 Å². The lowest BCUT2D eigenvalue weighted by molar-refractivity contribution is -0.159. The van der Waals surface area contributed by atoms with Gasteiger partial charge in [-0.15, -0.1) is 0 Å². The second-order valence-electron chi connectivity index (χ2n) is 3.80. The quantitative estimate of drug-likeness (QED) is 0.777. The zero-order valence-electron chi connectivity index (χ0n) is 9.07. The maximum atomic E-state index is 12.8. The summed E-state index contributed by atoms with van der Waals surface area (Å²) in [5.41, 5.74) is 0. The second kappa shape index (κ2) is 4.36. The molecular formula is C9H11F2N3O3. The van der Waals surface area contributed by atoms with E-state index in [1.165, 1.54) is 0 Å². The third-order valence-electron chi connectivity index (χ3n) is 2.27. The molecule has 1 fully saturated rings. The molecule has 1 aliphatic heterocycles. The molecule has 1 atom stereocenters. The Kier molecular flexibility index (Phi) is 3.05. The van der Waals surface area contributed by atoms with Gasteiger partial charge in [0.2, 0.25) is 5.89 Å². The van der Waals surface area contributed by atoms with Crippen LogP contribution >= 0.6 is 0 Å². The van der Waals surface area contributed by atoms with E-state index in [1.807, 2.05) is 0 Å². The number of hydrogen-bond acceptors (Lipinski definition) is 6. The van der Waals surface area contributed by atoms with E-state index in [4.69, 9.17) is 4.52 Å². The van der Waals surface area contributed by atoms with E-state index in [0.717, 1.165) is 0 Å². The lowest BCUT2D eigenvalue weighted by Crippen LogP contribution is -2.26. The monoisotopic (exact) mass is 247 g/mol. The van der Waals surface area contributed by atoms with Crippen LogP contribution in [0.3, 0.4) is 0 Å². The molecule has 1 saturated heterocycles. The lowest BCUT2D eigenvalue weighted by atomic mass is 10.2. The largest absolute Gasteiger partial charge is 0.456 e. The summed E-state index contributed by atoms with van der Waals surface area (Å²) in [5, 5.41) is 6.38. The van der Waals surface area contributed by atoms with Crippen LogP contribution in [0, 0.1) is 6.92 Å². The minimum Gasteiger partial charge on any atom is -0.456 e. The van der Waals surface area contributed by atoms with Crippen molar-refractivity contribution in [3.8, 4) is 0 Å². The Morgan fingerprint density at radius 1 is 1.59 bits per heavy atom. The minimum atomic E-state index is -3.37. The van der Waals surface area contributed by atoms with Crippen LogP contribution in [0.5, 0.6) is 0 Å². The number of hydrogen-bond donors (Lipinski definition) is 1. The van der Waals surface area contributed by atoms with Gasteiger partial charge in [-0.2, -0.15) is 13.8 Å². The maximum absolute atomic E-state index is 12.8. The summed E-state index contributed by atoms with van der Waals surface area (Å²) in [6, 6.07) is 0. The zero-order valence-corrected chi connectivity index (χ0v) is 9.07. The van der Waals surface area contributed by atoms with Gasteiger partial charge in [0.1, 0.15) is 6.10 Å². The molecule has 6 nitrogen and oxygen atoms in total. The molecule has 2 rings (SSSR count). The Morgan fingerprint density at radius 2 is 2.35 bits per heavy atom. The topological polar surface area (TPSA) is 77.2 Å². The van der Waals surface area contributed by atoms with Crippen molar-refractivity contribution in [2.45, 2.75) is 31.9 Å². The summed E-state index contributed by atoms with van der Waals surface area (Å²) in [7, 11) is 0. The van der Waals surface area contributed by atoms with Gasteiger partial charge in [0, 0.05) is 6.54 Å². The van der Waals surface area contributed by atoms with E-state index in [2.05, 4.69) is 20.2 Å². The van der Waals surface area contributed by atoms with Gasteiger partial charge in [0.25, 0.3) is 0 Å². The van der Waals surface area contributed by atoms with Gasteiger partial charge in [-0.3, -0.25) is 0 Å². The van der Waals surface area contributed by atoms with Crippen molar-refractivity contribution < 1.29 is 22.8 Å². The Hall–Kier alpha value is -1.57. The first-order valence-electron chi connectivity index (χ1n) is 5.06. The molecule has 1 N–H and O–H groups in total. The number of nitrogens with zero attached hydrogens (tertiary/aromatic N) is 2. The smallest absolute Gasteiger partial charge is 0.377 e. The first kappa shape index (κ1) is 11.9. The van der Waals surface area contributed by atoms with Crippen molar-refractivity contribution in [1.29, 1.82) is 0 Å². The van der Waals surface area contributed by atoms with Crippen molar-refractivity contribution in [2.24, 2.45) is 0 Å². The summed E-state index contributed by atoms with van der Waals surface area (Å²) in [5.74, 6) is -3.97. The number of carbonyl (C=O) groups is 1. The highest BCUT2D eigenvalue weighted by molar-refractivity contribution is 5.79. The average Bonchev–Trinajstić information content (AvgIpc) is 2.73. The van der Waals surface area contributed by atoms with Crippen LogP contribution in [0.25, 0.3) is 0 Å². The van der Waals surface area contributed by atoms with E-state index in [-0.39, 0.29) is 13.1 Å². The van der Waals surface area contributed by atoms with Crippen molar-refractivity contribution in [3.05, 3.63) is 11.7 Å². The number of nitrogens with one attached hydrogen (secondary N) is 1. The fraction of sp³-hybridized carbons (Fsp3) is 0.667. The van der Waals surface area contributed by atoms with Gasteiger partial charge in [-0.05, 0) is 6.92 Å². The van der Waals surface area contributed by atoms with E-state index in [1.54, 1.807) is 6.92 Å². The highest BCUT2D eigenvalue weighted by atomic mass is 19.3. The van der Waals surface area contributed by atoms with E-state index >= 15 is 0 Å². The van der Waals surface area contributed by atoms with Crippen molar-refractivity contribution in [3.63, 3.8) is 0 Å². The molecule has 1 unspecified atom stereocenters. The molecule has 0 aliphatic carbocycles. The minimum absolute atomic E-state index is 0.128. The second-order valence-corrected chi connectivity index (χ2v) is 3.80. The number of cyclic esters (lactones) is 1. The summed E-state index contributed by atoms with van der Waals surface area (Å²) in [6.07, 6.45) is -1.41. The standard InChI is InChI=1S/C9H11F2N3O3/c1-5-13-7(17-14-5)4-12-3-6-2-9(10,11)8(15)16-6/h6,12H,2-4H2,1H3. The normalized spacial score (nSPS) is 22.8. The fourth-order valence-corrected chi connectivity index (χ4v) is 1.51. The number of rotatable bonds is 4. The fourth-order valence-electron chi connectivity index (χ4n) is 1.51. The molecule has 1 aromatic rings. The number of carbonyl (C=O) groups excluding carboxylic acids is 1. The predicted molar refractivity (Wildman–Crippen MR) is 50.2 cm³/mol. The van der Waals surface area contributed by atoms with Crippen LogP contribution in [0.4, 0.5) is 8.78 Å². The Morgan fingerprint density at radius 3 is 2.88 bits per heavy atom. The molecule has 1 aliphatic rings. The molecule has 0 aromatic carbocycles. The number of alkyl halides is 2. The summed E-state index contributed by atoms with van der Waals surface area (Å²) in [6.45, 7) is 2.05. The van der Waals surface area contributed by atoms with Gasteiger partial charge in [0.15, 0.2) is 5.82 Å². The number of halogens is 2. The first-order chi connectivity index (χ1) is 7.97. The Labute approximate surface area is 95.3 Å². The molecule has 1 aromatic heterocycles. The molecule has 0 bridgehead atoms.